The third-order valence-corrected chi connectivity index (χ3v) is 3.15. The Kier molecular flexibility index (Phi) is 3.64. The van der Waals surface area contributed by atoms with Crippen molar-refractivity contribution < 1.29 is 9.53 Å². The van der Waals surface area contributed by atoms with E-state index in [-0.39, 0.29) is 5.91 Å². The minimum absolute atomic E-state index is 0.0713. The van der Waals surface area contributed by atoms with Gasteiger partial charge in [-0.05, 0) is 29.7 Å². The van der Waals surface area contributed by atoms with E-state index in [2.05, 4.69) is 22.3 Å². The van der Waals surface area contributed by atoms with Gasteiger partial charge in [0.2, 0.25) is 5.91 Å². The molecule has 4 heteroatoms. The van der Waals surface area contributed by atoms with Crippen LogP contribution in [0, 0.1) is 0 Å². The predicted octanol–water partition coefficient (Wildman–Crippen LogP) is 0.799. The van der Waals surface area contributed by atoms with Crippen molar-refractivity contribution in [3.63, 3.8) is 0 Å². The summed E-state index contributed by atoms with van der Waals surface area (Å²) in [7, 11) is 3.35. The van der Waals surface area contributed by atoms with E-state index in [1.54, 1.807) is 14.2 Å². The molecular weight excluding hydrogens is 216 g/mol. The molecule has 0 fully saturated rings. The fraction of sp³-hybridized carbons (Fsp3) is 0.462. The molecule has 1 heterocycles. The molecule has 0 atom stereocenters. The average molecular weight is 234 g/mol. The zero-order valence-electron chi connectivity index (χ0n) is 10.3. The summed E-state index contributed by atoms with van der Waals surface area (Å²) in [4.78, 5) is 13.5. The first kappa shape index (κ1) is 11.9. The number of likely N-dealkylation sites (N-methyl/N-ethyl adjacent to an activating group) is 1. The van der Waals surface area contributed by atoms with Crippen LogP contribution in [0.5, 0.6) is 5.75 Å². The van der Waals surface area contributed by atoms with Crippen LogP contribution < -0.4 is 10.1 Å². The molecule has 0 bridgehead atoms. The van der Waals surface area contributed by atoms with Gasteiger partial charge in [-0.1, -0.05) is 6.07 Å². The monoisotopic (exact) mass is 234 g/mol. The quantitative estimate of drug-likeness (QED) is 0.841. The predicted molar refractivity (Wildman–Crippen MR) is 66.0 cm³/mol. The highest BCUT2D eigenvalue weighted by Crippen LogP contribution is 2.23. The van der Waals surface area contributed by atoms with Gasteiger partial charge in [0.25, 0.3) is 0 Å². The molecule has 0 saturated carbocycles. The Labute approximate surface area is 102 Å². The molecule has 1 N–H and O–H groups in total. The number of ether oxygens (including phenoxy) is 1. The van der Waals surface area contributed by atoms with E-state index in [4.69, 9.17) is 4.74 Å². The molecule has 0 spiro atoms. The van der Waals surface area contributed by atoms with Crippen LogP contribution in [0.1, 0.15) is 11.1 Å². The summed E-state index contributed by atoms with van der Waals surface area (Å²) in [5.41, 5.74) is 2.62. The van der Waals surface area contributed by atoms with Gasteiger partial charge in [-0.25, -0.2) is 0 Å². The van der Waals surface area contributed by atoms with Gasteiger partial charge in [-0.15, -0.1) is 0 Å². The van der Waals surface area contributed by atoms with Crippen LogP contribution in [0.4, 0.5) is 0 Å². The Morgan fingerprint density at radius 2 is 2.29 bits per heavy atom. The van der Waals surface area contributed by atoms with Crippen molar-refractivity contribution >= 4 is 5.91 Å². The van der Waals surface area contributed by atoms with Crippen LogP contribution in [0.25, 0.3) is 0 Å². The van der Waals surface area contributed by atoms with Crippen molar-refractivity contribution in [2.24, 2.45) is 0 Å². The zero-order valence-corrected chi connectivity index (χ0v) is 10.3. The van der Waals surface area contributed by atoms with Crippen molar-refractivity contribution in [1.82, 2.24) is 10.2 Å². The molecule has 1 aliphatic rings. The zero-order chi connectivity index (χ0) is 12.3. The molecule has 2 rings (SSSR count). The molecule has 1 amide bonds. The first-order valence-electron chi connectivity index (χ1n) is 5.81. The van der Waals surface area contributed by atoms with Gasteiger partial charge >= 0.3 is 0 Å². The van der Waals surface area contributed by atoms with Crippen LogP contribution in [-0.4, -0.2) is 38.1 Å². The number of carbonyl (C=O) groups excluding carboxylic acids is 1. The van der Waals surface area contributed by atoms with Gasteiger partial charge in [-0.3, -0.25) is 9.69 Å². The number of hydrogen-bond donors (Lipinski definition) is 1. The molecule has 0 aromatic heterocycles. The van der Waals surface area contributed by atoms with Crippen LogP contribution in [0.2, 0.25) is 0 Å². The molecule has 0 unspecified atom stereocenters. The Balaban J connectivity index is 2.06. The van der Waals surface area contributed by atoms with E-state index in [1.807, 2.05) is 6.07 Å². The fourth-order valence-electron chi connectivity index (χ4n) is 2.13. The maximum atomic E-state index is 11.3. The highest BCUT2D eigenvalue weighted by Gasteiger charge is 2.18. The summed E-state index contributed by atoms with van der Waals surface area (Å²) >= 11 is 0. The topological polar surface area (TPSA) is 41.6 Å². The van der Waals surface area contributed by atoms with Crippen molar-refractivity contribution in [2.45, 2.75) is 13.0 Å². The number of nitrogens with zero attached hydrogens (tertiary/aromatic N) is 1. The van der Waals surface area contributed by atoms with E-state index >= 15 is 0 Å². The standard InChI is InChI=1S/C13H18N2O2/c1-14-13(16)9-15-6-5-10-7-12(17-2)4-3-11(10)8-15/h3-4,7H,5-6,8-9H2,1-2H3,(H,14,16). The largest absolute Gasteiger partial charge is 0.497 e. The summed E-state index contributed by atoms with van der Waals surface area (Å²) in [5.74, 6) is 0.977. The second kappa shape index (κ2) is 5.19. The third-order valence-electron chi connectivity index (χ3n) is 3.15. The Hall–Kier alpha value is -1.55. The molecule has 1 aromatic carbocycles. The summed E-state index contributed by atoms with van der Waals surface area (Å²) in [6, 6.07) is 6.15. The summed E-state index contributed by atoms with van der Waals surface area (Å²) < 4.78 is 5.21. The highest BCUT2D eigenvalue weighted by atomic mass is 16.5. The number of nitrogens with one attached hydrogen (secondary N) is 1. The first-order valence-corrected chi connectivity index (χ1v) is 5.81. The minimum Gasteiger partial charge on any atom is -0.497 e. The molecule has 17 heavy (non-hydrogen) atoms. The normalized spacial score (nSPS) is 15.2. The van der Waals surface area contributed by atoms with E-state index in [9.17, 15) is 4.79 Å². The van der Waals surface area contributed by atoms with Gasteiger partial charge in [0.15, 0.2) is 0 Å². The Bertz CT molecular complexity index is 418. The summed E-state index contributed by atoms with van der Waals surface area (Å²) in [6.45, 7) is 2.24. The van der Waals surface area contributed by atoms with Crippen molar-refractivity contribution in [3.05, 3.63) is 29.3 Å². The van der Waals surface area contributed by atoms with Crippen LogP contribution >= 0.6 is 0 Å². The van der Waals surface area contributed by atoms with Gasteiger partial charge in [0.1, 0.15) is 5.75 Å². The van der Waals surface area contributed by atoms with Crippen LogP contribution in [-0.2, 0) is 17.8 Å². The maximum absolute atomic E-state index is 11.3. The number of benzene rings is 1. The number of methoxy groups -OCH3 is 1. The molecule has 0 aliphatic carbocycles. The molecule has 4 nitrogen and oxygen atoms in total. The van der Waals surface area contributed by atoms with Gasteiger partial charge in [0, 0.05) is 20.1 Å². The van der Waals surface area contributed by atoms with Crippen LogP contribution in [0.3, 0.4) is 0 Å². The Morgan fingerprint density at radius 3 is 3.00 bits per heavy atom. The molecule has 1 aliphatic heterocycles. The number of fused-ring (bicyclic) bond motifs is 1. The van der Waals surface area contributed by atoms with Gasteiger partial charge < -0.3 is 10.1 Å². The first-order chi connectivity index (χ1) is 8.22. The lowest BCUT2D eigenvalue weighted by Gasteiger charge is -2.28. The van der Waals surface area contributed by atoms with Gasteiger partial charge in [0.05, 0.1) is 13.7 Å². The summed E-state index contributed by atoms with van der Waals surface area (Å²) in [5, 5.41) is 2.65. The van der Waals surface area contributed by atoms with E-state index in [0.717, 1.165) is 25.3 Å². The lowest BCUT2D eigenvalue weighted by molar-refractivity contribution is -0.121. The lowest BCUT2D eigenvalue weighted by atomic mass is 9.99. The molecule has 0 saturated heterocycles. The fourth-order valence-corrected chi connectivity index (χ4v) is 2.13. The molecule has 92 valence electrons. The minimum atomic E-state index is 0.0713. The van der Waals surface area contributed by atoms with Crippen molar-refractivity contribution in [1.29, 1.82) is 0 Å². The molecular formula is C13H18N2O2. The molecule has 1 aromatic rings. The number of rotatable bonds is 3. The van der Waals surface area contributed by atoms with E-state index < -0.39 is 0 Å². The lowest BCUT2D eigenvalue weighted by Crippen LogP contribution is -2.38. The van der Waals surface area contributed by atoms with Gasteiger partial charge in [-0.2, -0.15) is 0 Å². The number of hydrogen-bond acceptors (Lipinski definition) is 3. The second-order valence-corrected chi connectivity index (χ2v) is 4.27. The number of carbonyl (C=O) groups is 1. The highest BCUT2D eigenvalue weighted by molar-refractivity contribution is 5.77. The van der Waals surface area contributed by atoms with Crippen molar-refractivity contribution in [2.75, 3.05) is 27.2 Å². The SMILES string of the molecule is CNC(=O)CN1CCc2cc(OC)ccc2C1. The Morgan fingerprint density at radius 1 is 1.47 bits per heavy atom. The third kappa shape index (κ3) is 2.77. The van der Waals surface area contributed by atoms with E-state index in [1.165, 1.54) is 11.1 Å². The second-order valence-electron chi connectivity index (χ2n) is 4.27. The smallest absolute Gasteiger partial charge is 0.233 e. The summed E-state index contributed by atoms with van der Waals surface area (Å²) in [6.07, 6.45) is 0.976. The molecule has 0 radical (unpaired) electrons. The average Bonchev–Trinajstić information content (AvgIpc) is 2.38. The maximum Gasteiger partial charge on any atom is 0.233 e. The van der Waals surface area contributed by atoms with Crippen molar-refractivity contribution in [3.8, 4) is 5.75 Å². The number of amides is 1. The van der Waals surface area contributed by atoms with E-state index in [0.29, 0.717) is 6.54 Å². The van der Waals surface area contributed by atoms with Crippen LogP contribution in [0.15, 0.2) is 18.2 Å².